The van der Waals surface area contributed by atoms with Crippen molar-refractivity contribution in [2.24, 2.45) is 0 Å². The molecule has 3 rings (SSSR count). The first-order valence-corrected chi connectivity index (χ1v) is 8.86. The Hall–Kier alpha value is -2.36. The van der Waals surface area contributed by atoms with Crippen LogP contribution < -0.4 is 4.90 Å². The van der Waals surface area contributed by atoms with Crippen molar-refractivity contribution < 1.29 is 9.18 Å². The number of hydrogen-bond donors (Lipinski definition) is 0. The second kappa shape index (κ2) is 7.68. The fraction of sp³-hybridized carbons (Fsp3) is 0.381. The summed E-state index contributed by atoms with van der Waals surface area (Å²) in [4.78, 5) is 16.7. The molecule has 0 N–H and O–H groups in total. The Morgan fingerprint density at radius 1 is 1.16 bits per heavy atom. The van der Waals surface area contributed by atoms with E-state index < -0.39 is 0 Å². The van der Waals surface area contributed by atoms with E-state index in [0.717, 1.165) is 29.8 Å². The number of hydrogen-bond acceptors (Lipinski definition) is 2. The summed E-state index contributed by atoms with van der Waals surface area (Å²) in [5, 5.41) is 0. The lowest BCUT2D eigenvalue weighted by Crippen LogP contribution is -2.28. The third kappa shape index (κ3) is 4.38. The molecule has 1 fully saturated rings. The van der Waals surface area contributed by atoms with Gasteiger partial charge in [0.15, 0.2) is 0 Å². The molecule has 1 aliphatic heterocycles. The lowest BCUT2D eigenvalue weighted by Gasteiger charge is -2.21. The van der Waals surface area contributed by atoms with Crippen LogP contribution in [-0.2, 0) is 17.8 Å². The molecule has 0 bridgehead atoms. The number of nitrogens with zero attached hydrogens (tertiary/aromatic N) is 2. The van der Waals surface area contributed by atoms with Crippen LogP contribution in [0.5, 0.6) is 0 Å². The van der Waals surface area contributed by atoms with Gasteiger partial charge in [-0.15, -0.1) is 0 Å². The Bertz CT molecular complexity index is 753. The van der Waals surface area contributed by atoms with Gasteiger partial charge in [0.2, 0.25) is 5.91 Å². The van der Waals surface area contributed by atoms with E-state index >= 15 is 0 Å². The number of aryl methyl sites for hydroxylation is 1. The fourth-order valence-electron chi connectivity index (χ4n) is 3.34. The van der Waals surface area contributed by atoms with Crippen LogP contribution in [0.25, 0.3) is 0 Å². The molecule has 0 atom stereocenters. The van der Waals surface area contributed by atoms with Crippen molar-refractivity contribution in [3.8, 4) is 0 Å². The number of likely N-dealkylation sites (N-methyl/N-ethyl adjacent to an activating group) is 1. The average molecular weight is 340 g/mol. The maximum absolute atomic E-state index is 13.2. The quantitative estimate of drug-likeness (QED) is 0.823. The zero-order valence-electron chi connectivity index (χ0n) is 15.0. The second-order valence-corrected chi connectivity index (χ2v) is 6.86. The molecular weight excluding hydrogens is 315 g/mol. The third-order valence-electron chi connectivity index (χ3n) is 4.87. The van der Waals surface area contributed by atoms with Crippen LogP contribution in [0.4, 0.5) is 10.1 Å². The molecule has 0 aromatic heterocycles. The number of amides is 1. The minimum atomic E-state index is -0.263. The Morgan fingerprint density at radius 3 is 2.64 bits per heavy atom. The van der Waals surface area contributed by atoms with Crippen molar-refractivity contribution in [1.29, 1.82) is 0 Å². The molecule has 2 aromatic carbocycles. The number of halogens is 1. The number of carbonyl (C=O) groups excluding carboxylic acids is 1. The molecular formula is C21H25FN2O. The molecule has 0 unspecified atom stereocenters. The van der Waals surface area contributed by atoms with Gasteiger partial charge in [0.1, 0.15) is 5.82 Å². The summed E-state index contributed by atoms with van der Waals surface area (Å²) in [6.07, 6.45) is 2.80. The van der Waals surface area contributed by atoms with Gasteiger partial charge in [-0.1, -0.05) is 18.2 Å². The SMILES string of the molecule is Cc1cc(F)ccc1CC(=O)N(C)Cc1cccc(N2CCCC2)c1. The molecule has 0 saturated carbocycles. The molecule has 3 nitrogen and oxygen atoms in total. The Labute approximate surface area is 149 Å². The standard InChI is InChI=1S/C21H25FN2O/c1-16-12-19(22)9-8-18(16)14-21(25)23(2)15-17-6-5-7-20(13-17)24-10-3-4-11-24/h5-9,12-13H,3-4,10-11,14-15H2,1-2H3. The normalized spacial score (nSPS) is 14.0. The van der Waals surface area contributed by atoms with Gasteiger partial charge in [-0.2, -0.15) is 0 Å². The van der Waals surface area contributed by atoms with Crippen molar-refractivity contribution in [3.63, 3.8) is 0 Å². The third-order valence-corrected chi connectivity index (χ3v) is 4.87. The topological polar surface area (TPSA) is 23.6 Å². The van der Waals surface area contributed by atoms with Crippen molar-refractivity contribution >= 4 is 11.6 Å². The number of carbonyl (C=O) groups is 1. The van der Waals surface area contributed by atoms with Crippen LogP contribution in [0, 0.1) is 12.7 Å². The van der Waals surface area contributed by atoms with Gasteiger partial charge in [0.05, 0.1) is 6.42 Å². The summed E-state index contributed by atoms with van der Waals surface area (Å²) in [5.41, 5.74) is 4.07. The smallest absolute Gasteiger partial charge is 0.227 e. The average Bonchev–Trinajstić information content (AvgIpc) is 3.12. The van der Waals surface area contributed by atoms with Gasteiger partial charge in [0.25, 0.3) is 0 Å². The Kier molecular flexibility index (Phi) is 5.37. The summed E-state index contributed by atoms with van der Waals surface area (Å²) >= 11 is 0. The molecule has 1 amide bonds. The molecule has 25 heavy (non-hydrogen) atoms. The molecule has 1 heterocycles. The van der Waals surface area contributed by atoms with E-state index in [0.29, 0.717) is 13.0 Å². The van der Waals surface area contributed by atoms with E-state index in [9.17, 15) is 9.18 Å². The predicted octanol–water partition coefficient (Wildman–Crippen LogP) is 3.94. The number of rotatable bonds is 5. The van der Waals surface area contributed by atoms with Crippen LogP contribution in [-0.4, -0.2) is 30.9 Å². The molecule has 0 radical (unpaired) electrons. The Balaban J connectivity index is 1.64. The van der Waals surface area contributed by atoms with Crippen molar-refractivity contribution in [2.75, 3.05) is 25.0 Å². The second-order valence-electron chi connectivity index (χ2n) is 6.86. The zero-order chi connectivity index (χ0) is 17.8. The number of benzene rings is 2. The van der Waals surface area contributed by atoms with Gasteiger partial charge in [-0.3, -0.25) is 4.79 Å². The maximum Gasteiger partial charge on any atom is 0.227 e. The zero-order valence-corrected chi connectivity index (χ0v) is 15.0. The summed E-state index contributed by atoms with van der Waals surface area (Å²) in [6.45, 7) is 4.65. The lowest BCUT2D eigenvalue weighted by atomic mass is 10.0. The van der Waals surface area contributed by atoms with Crippen molar-refractivity contribution in [1.82, 2.24) is 4.90 Å². The summed E-state index contributed by atoms with van der Waals surface area (Å²) in [7, 11) is 1.82. The van der Waals surface area contributed by atoms with Gasteiger partial charge in [0, 0.05) is 32.4 Å². The predicted molar refractivity (Wildman–Crippen MR) is 99.2 cm³/mol. The summed E-state index contributed by atoms with van der Waals surface area (Å²) in [6, 6.07) is 13.0. The molecule has 4 heteroatoms. The lowest BCUT2D eigenvalue weighted by molar-refractivity contribution is -0.129. The van der Waals surface area contributed by atoms with E-state index in [1.807, 2.05) is 14.0 Å². The first-order chi connectivity index (χ1) is 12.0. The van der Waals surface area contributed by atoms with Crippen LogP contribution in [0.3, 0.4) is 0 Å². The highest BCUT2D eigenvalue weighted by Gasteiger charge is 2.15. The molecule has 132 valence electrons. The molecule has 1 saturated heterocycles. The number of anilines is 1. The minimum Gasteiger partial charge on any atom is -0.372 e. The van der Waals surface area contributed by atoms with E-state index in [1.54, 1.807) is 11.0 Å². The van der Waals surface area contributed by atoms with E-state index in [2.05, 4.69) is 29.2 Å². The molecule has 0 aliphatic carbocycles. The molecule has 0 spiro atoms. The first-order valence-electron chi connectivity index (χ1n) is 8.86. The van der Waals surface area contributed by atoms with Crippen LogP contribution >= 0.6 is 0 Å². The van der Waals surface area contributed by atoms with Crippen LogP contribution in [0.1, 0.15) is 29.5 Å². The van der Waals surface area contributed by atoms with E-state index in [4.69, 9.17) is 0 Å². The van der Waals surface area contributed by atoms with Crippen LogP contribution in [0.2, 0.25) is 0 Å². The molecule has 1 aliphatic rings. The van der Waals surface area contributed by atoms with E-state index in [1.165, 1.54) is 30.7 Å². The highest BCUT2D eigenvalue weighted by molar-refractivity contribution is 5.79. The maximum atomic E-state index is 13.2. The highest BCUT2D eigenvalue weighted by Crippen LogP contribution is 2.22. The largest absolute Gasteiger partial charge is 0.372 e. The van der Waals surface area contributed by atoms with Crippen LogP contribution in [0.15, 0.2) is 42.5 Å². The van der Waals surface area contributed by atoms with E-state index in [-0.39, 0.29) is 11.7 Å². The Morgan fingerprint density at radius 2 is 1.92 bits per heavy atom. The monoisotopic (exact) mass is 340 g/mol. The first kappa shape index (κ1) is 17.5. The van der Waals surface area contributed by atoms with Gasteiger partial charge in [-0.25, -0.2) is 4.39 Å². The highest BCUT2D eigenvalue weighted by atomic mass is 19.1. The van der Waals surface area contributed by atoms with Gasteiger partial charge < -0.3 is 9.80 Å². The van der Waals surface area contributed by atoms with Gasteiger partial charge in [-0.05, 0) is 60.7 Å². The minimum absolute atomic E-state index is 0.0429. The summed E-state index contributed by atoms with van der Waals surface area (Å²) < 4.78 is 13.2. The fourth-order valence-corrected chi connectivity index (χ4v) is 3.34. The van der Waals surface area contributed by atoms with Gasteiger partial charge >= 0.3 is 0 Å². The van der Waals surface area contributed by atoms with Crippen molar-refractivity contribution in [2.45, 2.75) is 32.7 Å². The molecule has 2 aromatic rings. The van der Waals surface area contributed by atoms with Crippen molar-refractivity contribution in [3.05, 3.63) is 65.0 Å². The summed E-state index contributed by atoms with van der Waals surface area (Å²) in [5.74, 6) is -0.220.